The monoisotopic (exact) mass is 386 g/mol. The summed E-state index contributed by atoms with van der Waals surface area (Å²) < 4.78 is 14.7. The second-order valence-electron chi connectivity index (χ2n) is 6.69. The molecule has 1 atom stereocenters. The number of pyridine rings is 1. The predicted octanol–water partition coefficient (Wildman–Crippen LogP) is 4.23. The molecule has 5 nitrogen and oxygen atoms in total. The number of carbonyl (C=O) groups is 1. The fourth-order valence-electron chi connectivity index (χ4n) is 3.20. The molecule has 1 N–H and O–H groups in total. The Bertz CT molecular complexity index is 1120. The molecule has 0 saturated carbocycles. The lowest BCUT2D eigenvalue weighted by molar-refractivity contribution is 0.0943. The quantitative estimate of drug-likeness (QED) is 0.558. The van der Waals surface area contributed by atoms with Crippen molar-refractivity contribution in [1.82, 2.24) is 20.1 Å². The number of hydrogen-bond acceptors (Lipinski definition) is 3. The molecule has 4 rings (SSSR count). The number of carbonyl (C=O) groups excluding carboxylic acids is 1. The van der Waals surface area contributed by atoms with E-state index in [0.29, 0.717) is 11.3 Å². The van der Waals surface area contributed by atoms with E-state index in [1.807, 2.05) is 43.3 Å². The first-order chi connectivity index (χ1) is 14.1. The van der Waals surface area contributed by atoms with E-state index in [4.69, 9.17) is 0 Å². The molecule has 0 saturated heterocycles. The van der Waals surface area contributed by atoms with Crippen LogP contribution in [-0.4, -0.2) is 20.7 Å². The number of aromatic nitrogens is 3. The average Bonchev–Trinajstić information content (AvgIpc) is 3.24. The molecule has 0 unspecified atom stereocenters. The summed E-state index contributed by atoms with van der Waals surface area (Å²) in [6.45, 7) is 2.02. The van der Waals surface area contributed by atoms with Crippen LogP contribution in [0, 0.1) is 12.7 Å². The molecule has 2 aromatic heterocycles. The highest BCUT2D eigenvalue weighted by atomic mass is 19.1. The van der Waals surface area contributed by atoms with Crippen LogP contribution in [-0.2, 0) is 0 Å². The molecular weight excluding hydrogens is 367 g/mol. The number of nitrogens with zero attached hydrogens (tertiary/aromatic N) is 3. The van der Waals surface area contributed by atoms with Gasteiger partial charge in [0.05, 0.1) is 23.5 Å². The lowest BCUT2D eigenvalue weighted by Gasteiger charge is -2.21. The van der Waals surface area contributed by atoms with E-state index < -0.39 is 0 Å². The maximum Gasteiger partial charge on any atom is 0.255 e. The van der Waals surface area contributed by atoms with Gasteiger partial charge in [0.2, 0.25) is 0 Å². The minimum absolute atomic E-state index is 0.247. The van der Waals surface area contributed by atoms with E-state index in [-0.39, 0.29) is 17.8 Å². The Morgan fingerprint density at radius 1 is 1.03 bits per heavy atom. The molecule has 4 aromatic rings. The highest BCUT2D eigenvalue weighted by Gasteiger charge is 2.20. The Balaban J connectivity index is 1.62. The summed E-state index contributed by atoms with van der Waals surface area (Å²) in [7, 11) is 0. The third kappa shape index (κ3) is 4.06. The zero-order chi connectivity index (χ0) is 20.2. The van der Waals surface area contributed by atoms with Gasteiger partial charge in [0, 0.05) is 18.6 Å². The Labute approximate surface area is 167 Å². The summed E-state index contributed by atoms with van der Waals surface area (Å²) in [6.07, 6.45) is 6.54. The molecule has 0 radical (unpaired) electrons. The summed E-state index contributed by atoms with van der Waals surface area (Å²) in [5, 5.41) is 7.33. The molecular formula is C23H19FN4O. The van der Waals surface area contributed by atoms with Crippen molar-refractivity contribution in [2.75, 3.05) is 0 Å². The molecule has 29 heavy (non-hydrogen) atoms. The van der Waals surface area contributed by atoms with Gasteiger partial charge in [0.25, 0.3) is 5.91 Å². The van der Waals surface area contributed by atoms with Crippen LogP contribution >= 0.6 is 0 Å². The fraction of sp³-hybridized carbons (Fsp3) is 0.0870. The zero-order valence-corrected chi connectivity index (χ0v) is 15.8. The second-order valence-corrected chi connectivity index (χ2v) is 6.69. The van der Waals surface area contributed by atoms with E-state index in [9.17, 15) is 9.18 Å². The van der Waals surface area contributed by atoms with Crippen LogP contribution in [0.1, 0.15) is 33.1 Å². The number of nitrogens with one attached hydrogen (secondary N) is 1. The molecule has 0 spiro atoms. The van der Waals surface area contributed by atoms with E-state index in [0.717, 1.165) is 16.7 Å². The summed E-state index contributed by atoms with van der Waals surface area (Å²) in [4.78, 5) is 17.0. The molecule has 6 heteroatoms. The molecule has 0 aliphatic heterocycles. The Morgan fingerprint density at radius 3 is 2.48 bits per heavy atom. The molecule has 1 amide bonds. The van der Waals surface area contributed by atoms with Crippen LogP contribution in [0.2, 0.25) is 0 Å². The van der Waals surface area contributed by atoms with Gasteiger partial charge in [-0.2, -0.15) is 5.10 Å². The number of aryl methyl sites for hydroxylation is 1. The molecule has 2 aromatic carbocycles. The van der Waals surface area contributed by atoms with Gasteiger partial charge in [-0.3, -0.25) is 9.78 Å². The number of amides is 1. The Hall–Kier alpha value is -3.80. The van der Waals surface area contributed by atoms with Crippen molar-refractivity contribution in [2.45, 2.75) is 13.0 Å². The maximum atomic E-state index is 13.1. The van der Waals surface area contributed by atoms with Crippen molar-refractivity contribution < 1.29 is 9.18 Å². The first-order valence-corrected chi connectivity index (χ1v) is 9.19. The van der Waals surface area contributed by atoms with Gasteiger partial charge in [-0.15, -0.1) is 0 Å². The minimum Gasteiger partial charge on any atom is -0.341 e. The Morgan fingerprint density at radius 2 is 1.76 bits per heavy atom. The first-order valence-electron chi connectivity index (χ1n) is 9.19. The highest BCUT2D eigenvalue weighted by molar-refractivity contribution is 5.94. The number of halogens is 1. The standard InChI is InChI=1S/C23H19FN4O/c1-16-4-2-3-5-21(16)22(17-10-12-25-13-11-17)27-23(29)18-14-26-28(15-18)20-8-6-19(24)7-9-20/h2-15,22H,1H3,(H,27,29)/t22-/m1/s1. The van der Waals surface area contributed by atoms with Crippen LogP contribution < -0.4 is 5.32 Å². The Kier molecular flexibility index (Phi) is 5.16. The topological polar surface area (TPSA) is 59.8 Å². The first kappa shape index (κ1) is 18.6. The van der Waals surface area contributed by atoms with Crippen molar-refractivity contribution in [3.05, 3.63) is 114 Å². The largest absolute Gasteiger partial charge is 0.341 e. The molecule has 0 fully saturated rings. The van der Waals surface area contributed by atoms with Crippen molar-refractivity contribution in [2.24, 2.45) is 0 Å². The maximum absolute atomic E-state index is 13.1. The van der Waals surface area contributed by atoms with Gasteiger partial charge in [-0.25, -0.2) is 9.07 Å². The number of hydrogen-bond donors (Lipinski definition) is 1. The van der Waals surface area contributed by atoms with E-state index in [1.54, 1.807) is 35.4 Å². The van der Waals surface area contributed by atoms with Crippen molar-refractivity contribution in [3.63, 3.8) is 0 Å². The third-order valence-corrected chi connectivity index (χ3v) is 4.75. The molecule has 0 aliphatic rings. The van der Waals surface area contributed by atoms with Crippen LogP contribution in [0.3, 0.4) is 0 Å². The van der Waals surface area contributed by atoms with Crippen molar-refractivity contribution in [1.29, 1.82) is 0 Å². The van der Waals surface area contributed by atoms with Crippen LogP contribution in [0.5, 0.6) is 0 Å². The van der Waals surface area contributed by atoms with Gasteiger partial charge in [0.1, 0.15) is 5.82 Å². The SMILES string of the molecule is Cc1ccccc1[C@H](NC(=O)c1cnn(-c2ccc(F)cc2)c1)c1ccncc1. The van der Waals surface area contributed by atoms with Crippen LogP contribution in [0.15, 0.2) is 85.5 Å². The van der Waals surface area contributed by atoms with Crippen LogP contribution in [0.25, 0.3) is 5.69 Å². The normalized spacial score (nSPS) is 11.8. The van der Waals surface area contributed by atoms with Gasteiger partial charge < -0.3 is 5.32 Å². The zero-order valence-electron chi connectivity index (χ0n) is 15.8. The highest BCUT2D eigenvalue weighted by Crippen LogP contribution is 2.25. The second kappa shape index (κ2) is 8.06. The van der Waals surface area contributed by atoms with Gasteiger partial charge in [0.15, 0.2) is 0 Å². The summed E-state index contributed by atoms with van der Waals surface area (Å²) in [5.74, 6) is -0.569. The lowest BCUT2D eigenvalue weighted by atomic mass is 9.95. The summed E-state index contributed by atoms with van der Waals surface area (Å²) >= 11 is 0. The van der Waals surface area contributed by atoms with E-state index in [1.165, 1.54) is 18.3 Å². The molecule has 2 heterocycles. The van der Waals surface area contributed by atoms with Crippen molar-refractivity contribution >= 4 is 5.91 Å². The lowest BCUT2D eigenvalue weighted by Crippen LogP contribution is -2.29. The molecule has 0 bridgehead atoms. The predicted molar refractivity (Wildman–Crippen MR) is 108 cm³/mol. The van der Waals surface area contributed by atoms with E-state index >= 15 is 0 Å². The van der Waals surface area contributed by atoms with Gasteiger partial charge in [-0.05, 0) is 60.0 Å². The minimum atomic E-state index is -0.322. The van der Waals surface area contributed by atoms with E-state index in [2.05, 4.69) is 15.4 Å². The van der Waals surface area contributed by atoms with Crippen LogP contribution in [0.4, 0.5) is 4.39 Å². The number of rotatable bonds is 5. The van der Waals surface area contributed by atoms with Gasteiger partial charge >= 0.3 is 0 Å². The smallest absolute Gasteiger partial charge is 0.255 e. The molecule has 0 aliphatic carbocycles. The fourth-order valence-corrected chi connectivity index (χ4v) is 3.20. The average molecular weight is 386 g/mol. The third-order valence-electron chi connectivity index (χ3n) is 4.75. The number of benzene rings is 2. The summed E-state index contributed by atoms with van der Waals surface area (Å²) in [6, 6.07) is 17.3. The van der Waals surface area contributed by atoms with Gasteiger partial charge in [-0.1, -0.05) is 24.3 Å². The van der Waals surface area contributed by atoms with Crippen molar-refractivity contribution in [3.8, 4) is 5.69 Å². The molecule has 144 valence electrons. The summed E-state index contributed by atoms with van der Waals surface area (Å²) in [5.41, 5.74) is 4.13.